The van der Waals surface area contributed by atoms with Gasteiger partial charge in [0.25, 0.3) is 4.83 Å². The van der Waals surface area contributed by atoms with Crippen molar-refractivity contribution in [1.29, 1.82) is 5.26 Å². The van der Waals surface area contributed by atoms with Crippen LogP contribution in [0.15, 0.2) is 34.9 Å². The molecule has 4 nitrogen and oxygen atoms in total. The van der Waals surface area contributed by atoms with Crippen LogP contribution in [0.25, 0.3) is 21.7 Å². The maximum absolute atomic E-state index is 8.92. The molecule has 0 fully saturated rings. The highest BCUT2D eigenvalue weighted by molar-refractivity contribution is 7.19. The SMILES string of the molecule is N#Cc1sc2[nH+]c(-c3ccco3)ccc2c1N. The van der Waals surface area contributed by atoms with Gasteiger partial charge in [-0.05, 0) is 18.2 Å². The lowest BCUT2D eigenvalue weighted by Gasteiger charge is -1.90. The van der Waals surface area contributed by atoms with Crippen molar-refractivity contribution in [3.8, 4) is 17.5 Å². The summed E-state index contributed by atoms with van der Waals surface area (Å²) in [5.74, 6) is 0.761. The zero-order chi connectivity index (χ0) is 11.8. The van der Waals surface area contributed by atoms with E-state index in [1.807, 2.05) is 24.3 Å². The summed E-state index contributed by atoms with van der Waals surface area (Å²) in [6.45, 7) is 0. The first-order valence-electron chi connectivity index (χ1n) is 4.98. The van der Waals surface area contributed by atoms with Gasteiger partial charge in [-0.3, -0.25) is 0 Å². The first-order valence-corrected chi connectivity index (χ1v) is 5.79. The Balaban J connectivity index is 2.24. The molecule has 0 aromatic carbocycles. The number of aromatic nitrogens is 1. The van der Waals surface area contributed by atoms with E-state index >= 15 is 0 Å². The minimum Gasteiger partial charge on any atom is -0.458 e. The molecule has 0 spiro atoms. The summed E-state index contributed by atoms with van der Waals surface area (Å²) in [4.78, 5) is 4.64. The van der Waals surface area contributed by atoms with Gasteiger partial charge in [-0.15, -0.1) is 0 Å². The second-order valence-electron chi connectivity index (χ2n) is 3.55. The third-order valence-electron chi connectivity index (χ3n) is 2.54. The number of anilines is 1. The fourth-order valence-corrected chi connectivity index (χ4v) is 2.62. The highest BCUT2D eigenvalue weighted by atomic mass is 32.1. The molecule has 3 heterocycles. The van der Waals surface area contributed by atoms with Gasteiger partial charge >= 0.3 is 0 Å². The van der Waals surface area contributed by atoms with Gasteiger partial charge in [-0.2, -0.15) is 10.2 Å². The van der Waals surface area contributed by atoms with Crippen molar-refractivity contribution in [3.63, 3.8) is 0 Å². The number of rotatable bonds is 1. The number of furan rings is 1. The lowest BCUT2D eigenvalue weighted by molar-refractivity contribution is -0.329. The number of nitrogens with zero attached hydrogens (tertiary/aromatic N) is 1. The number of nitrogens with two attached hydrogens (primary N) is 1. The van der Waals surface area contributed by atoms with Crippen LogP contribution in [-0.4, -0.2) is 0 Å². The normalized spacial score (nSPS) is 10.5. The van der Waals surface area contributed by atoms with E-state index < -0.39 is 0 Å². The highest BCUT2D eigenvalue weighted by Crippen LogP contribution is 2.31. The Kier molecular flexibility index (Phi) is 2.10. The third kappa shape index (κ3) is 1.47. The first-order chi connectivity index (χ1) is 8.29. The standard InChI is InChI=1S/C12H7N3OS/c13-6-10-11(14)7-3-4-8(15-12(7)17-10)9-2-1-5-16-9/h1-5H,14H2/p+1. The second-order valence-corrected chi connectivity index (χ2v) is 4.57. The summed E-state index contributed by atoms with van der Waals surface area (Å²) in [7, 11) is 0. The van der Waals surface area contributed by atoms with Gasteiger partial charge < -0.3 is 10.2 Å². The van der Waals surface area contributed by atoms with Crippen LogP contribution in [0, 0.1) is 11.3 Å². The van der Waals surface area contributed by atoms with E-state index in [1.54, 1.807) is 6.26 Å². The second kappa shape index (κ2) is 3.61. The number of hydrogen-bond acceptors (Lipinski definition) is 4. The molecule has 0 aliphatic rings. The Morgan fingerprint density at radius 3 is 2.94 bits per heavy atom. The molecule has 0 saturated heterocycles. The van der Waals surface area contributed by atoms with E-state index in [-0.39, 0.29) is 0 Å². The maximum Gasteiger partial charge on any atom is 0.271 e. The molecule has 0 saturated carbocycles. The lowest BCUT2D eigenvalue weighted by Crippen LogP contribution is -2.05. The number of fused-ring (bicyclic) bond motifs is 1. The molecule has 3 aromatic heterocycles. The molecule has 5 heteroatoms. The molecule has 0 aliphatic carbocycles. The topological polar surface area (TPSA) is 77.1 Å². The van der Waals surface area contributed by atoms with E-state index in [0.29, 0.717) is 10.6 Å². The van der Waals surface area contributed by atoms with E-state index in [1.165, 1.54) is 11.3 Å². The molecule has 3 rings (SSSR count). The highest BCUT2D eigenvalue weighted by Gasteiger charge is 2.17. The minimum absolute atomic E-state index is 0.535. The molecular weight excluding hydrogens is 234 g/mol. The Bertz CT molecular complexity index is 722. The minimum atomic E-state index is 0.535. The van der Waals surface area contributed by atoms with Crippen LogP contribution in [0.5, 0.6) is 0 Å². The van der Waals surface area contributed by atoms with E-state index in [0.717, 1.165) is 21.7 Å². The maximum atomic E-state index is 8.92. The van der Waals surface area contributed by atoms with Crippen LogP contribution in [0.2, 0.25) is 0 Å². The average molecular weight is 242 g/mol. The summed E-state index contributed by atoms with van der Waals surface area (Å²) in [6.07, 6.45) is 1.62. The molecule has 0 atom stereocenters. The van der Waals surface area contributed by atoms with Gasteiger partial charge in [0, 0.05) is 6.07 Å². The predicted octanol–water partition coefficient (Wildman–Crippen LogP) is 2.43. The third-order valence-corrected chi connectivity index (χ3v) is 3.58. The Morgan fingerprint density at radius 2 is 2.24 bits per heavy atom. The predicted molar refractivity (Wildman–Crippen MR) is 65.2 cm³/mol. The zero-order valence-corrected chi connectivity index (χ0v) is 9.54. The van der Waals surface area contributed by atoms with Crippen molar-refractivity contribution in [2.75, 3.05) is 5.73 Å². The van der Waals surface area contributed by atoms with Crippen LogP contribution in [0.3, 0.4) is 0 Å². The van der Waals surface area contributed by atoms with Crippen molar-refractivity contribution in [2.45, 2.75) is 0 Å². The fraction of sp³-hybridized carbons (Fsp3) is 0. The fourth-order valence-electron chi connectivity index (χ4n) is 1.70. The summed E-state index contributed by atoms with van der Waals surface area (Å²) >= 11 is 1.35. The zero-order valence-electron chi connectivity index (χ0n) is 8.73. The lowest BCUT2D eigenvalue weighted by atomic mass is 10.2. The number of nitriles is 1. The van der Waals surface area contributed by atoms with Crippen molar-refractivity contribution < 1.29 is 9.40 Å². The Labute approximate surface area is 101 Å². The summed E-state index contributed by atoms with van der Waals surface area (Å²) in [5, 5.41) is 9.80. The van der Waals surface area contributed by atoms with Crippen molar-refractivity contribution in [2.24, 2.45) is 0 Å². The van der Waals surface area contributed by atoms with Crippen LogP contribution < -0.4 is 10.7 Å². The summed E-state index contributed by atoms with van der Waals surface area (Å²) in [5.41, 5.74) is 7.27. The molecule has 0 unspecified atom stereocenters. The van der Waals surface area contributed by atoms with Crippen molar-refractivity contribution >= 4 is 27.2 Å². The number of aromatic amines is 1. The summed E-state index contributed by atoms with van der Waals surface area (Å²) in [6, 6.07) is 9.59. The quantitative estimate of drug-likeness (QED) is 0.711. The van der Waals surface area contributed by atoms with E-state index in [2.05, 4.69) is 11.1 Å². The summed E-state index contributed by atoms with van der Waals surface area (Å²) < 4.78 is 5.31. The number of H-pyrrole nitrogens is 1. The molecular formula is C12H8N3OS+. The number of thiophene rings is 1. The van der Waals surface area contributed by atoms with Crippen molar-refractivity contribution in [1.82, 2.24) is 0 Å². The van der Waals surface area contributed by atoms with Crippen molar-refractivity contribution in [3.05, 3.63) is 35.4 Å². The number of nitrogen functional groups attached to an aromatic ring is 1. The first kappa shape index (κ1) is 9.87. The van der Waals surface area contributed by atoms with Crippen LogP contribution >= 0.6 is 11.3 Å². The smallest absolute Gasteiger partial charge is 0.271 e. The van der Waals surface area contributed by atoms with Gasteiger partial charge in [0.15, 0.2) is 5.76 Å². The molecule has 0 aliphatic heterocycles. The van der Waals surface area contributed by atoms with Crippen LogP contribution in [0.4, 0.5) is 5.69 Å². The molecule has 82 valence electrons. The molecule has 0 radical (unpaired) electrons. The van der Waals surface area contributed by atoms with Crippen LogP contribution in [-0.2, 0) is 0 Å². The molecule has 3 N–H and O–H groups in total. The van der Waals surface area contributed by atoms with Gasteiger partial charge in [-0.1, -0.05) is 11.3 Å². The van der Waals surface area contributed by atoms with Gasteiger partial charge in [0.05, 0.1) is 17.3 Å². The number of nitrogens with one attached hydrogen (secondary N) is 1. The molecule has 0 amide bonds. The number of pyridine rings is 1. The largest absolute Gasteiger partial charge is 0.458 e. The monoisotopic (exact) mass is 242 g/mol. The molecule has 0 bridgehead atoms. The van der Waals surface area contributed by atoms with E-state index in [4.69, 9.17) is 15.4 Å². The van der Waals surface area contributed by atoms with Gasteiger partial charge in [0.1, 0.15) is 10.9 Å². The molecule has 17 heavy (non-hydrogen) atoms. The van der Waals surface area contributed by atoms with Gasteiger partial charge in [-0.25, -0.2) is 0 Å². The average Bonchev–Trinajstić information content (AvgIpc) is 2.97. The molecule has 3 aromatic rings. The Morgan fingerprint density at radius 1 is 1.35 bits per heavy atom. The van der Waals surface area contributed by atoms with Gasteiger partial charge in [0.2, 0.25) is 5.69 Å². The number of hydrogen-bond donors (Lipinski definition) is 1. The van der Waals surface area contributed by atoms with Crippen LogP contribution in [0.1, 0.15) is 4.88 Å². The Hall–Kier alpha value is -2.32. The van der Waals surface area contributed by atoms with E-state index in [9.17, 15) is 0 Å².